The molecule has 0 bridgehead atoms. The summed E-state index contributed by atoms with van der Waals surface area (Å²) in [5.74, 6) is 0.118. The van der Waals surface area contributed by atoms with E-state index < -0.39 is 0 Å². The van der Waals surface area contributed by atoms with Crippen LogP contribution in [0.5, 0.6) is 0 Å². The second-order valence-corrected chi connectivity index (χ2v) is 5.37. The number of hydrogen-bond acceptors (Lipinski definition) is 2. The summed E-state index contributed by atoms with van der Waals surface area (Å²) in [7, 11) is 0. The SMILES string of the molecule is [N-]=[N+]=NCC1CC(=O)N(c2ccc(Cl)cc2Br)C1. The highest BCUT2D eigenvalue weighted by Crippen LogP contribution is 2.33. The lowest BCUT2D eigenvalue weighted by Gasteiger charge is -2.18. The number of carbonyl (C=O) groups is 1. The van der Waals surface area contributed by atoms with Crippen LogP contribution in [0.1, 0.15) is 6.42 Å². The maximum Gasteiger partial charge on any atom is 0.227 e. The van der Waals surface area contributed by atoms with Crippen LogP contribution in [0.25, 0.3) is 10.4 Å². The molecule has 1 heterocycles. The average molecular weight is 330 g/mol. The van der Waals surface area contributed by atoms with Crippen molar-refractivity contribution in [3.8, 4) is 0 Å². The fourth-order valence-electron chi connectivity index (χ4n) is 1.99. The van der Waals surface area contributed by atoms with Crippen LogP contribution >= 0.6 is 27.5 Å². The summed E-state index contributed by atoms with van der Waals surface area (Å²) < 4.78 is 0.785. The molecule has 5 nitrogen and oxygen atoms in total. The van der Waals surface area contributed by atoms with E-state index in [1.54, 1.807) is 23.1 Å². The molecule has 1 aromatic carbocycles. The Kier molecular flexibility index (Phi) is 4.11. The first kappa shape index (κ1) is 13.2. The molecule has 0 aliphatic carbocycles. The average Bonchev–Trinajstić information content (AvgIpc) is 2.68. The molecule has 0 spiro atoms. The predicted octanol–water partition coefficient (Wildman–Crippen LogP) is 3.77. The van der Waals surface area contributed by atoms with Gasteiger partial charge in [0.15, 0.2) is 0 Å². The Hall–Kier alpha value is -1.23. The number of amides is 1. The van der Waals surface area contributed by atoms with Gasteiger partial charge in [0.2, 0.25) is 5.91 Å². The number of halogens is 2. The molecule has 18 heavy (non-hydrogen) atoms. The highest BCUT2D eigenvalue weighted by molar-refractivity contribution is 9.10. The quantitative estimate of drug-likeness (QED) is 0.473. The number of nitrogens with zero attached hydrogens (tertiary/aromatic N) is 4. The van der Waals surface area contributed by atoms with E-state index in [4.69, 9.17) is 17.1 Å². The van der Waals surface area contributed by atoms with Crippen LogP contribution in [0.2, 0.25) is 5.02 Å². The smallest absolute Gasteiger partial charge is 0.227 e. The number of hydrogen-bond donors (Lipinski definition) is 0. The van der Waals surface area contributed by atoms with Crippen LogP contribution in [-0.2, 0) is 4.79 Å². The third-order valence-corrected chi connectivity index (χ3v) is 3.68. The molecule has 0 saturated carbocycles. The van der Waals surface area contributed by atoms with Crippen LogP contribution in [0.4, 0.5) is 5.69 Å². The Morgan fingerprint density at radius 3 is 3.06 bits per heavy atom. The fraction of sp³-hybridized carbons (Fsp3) is 0.364. The number of azide groups is 1. The highest BCUT2D eigenvalue weighted by atomic mass is 79.9. The van der Waals surface area contributed by atoms with Gasteiger partial charge in [0.25, 0.3) is 0 Å². The molecule has 0 aromatic heterocycles. The molecular weight excluding hydrogens is 320 g/mol. The van der Waals surface area contributed by atoms with Crippen molar-refractivity contribution in [3.63, 3.8) is 0 Å². The molecule has 1 unspecified atom stereocenters. The maximum absolute atomic E-state index is 11.9. The van der Waals surface area contributed by atoms with Gasteiger partial charge in [0.05, 0.1) is 5.69 Å². The molecule has 1 atom stereocenters. The summed E-state index contributed by atoms with van der Waals surface area (Å²) in [4.78, 5) is 16.3. The first-order valence-corrected chi connectivity index (χ1v) is 6.55. The summed E-state index contributed by atoms with van der Waals surface area (Å²) >= 11 is 9.27. The highest BCUT2D eigenvalue weighted by Gasteiger charge is 2.30. The second-order valence-electron chi connectivity index (χ2n) is 4.08. The zero-order valence-electron chi connectivity index (χ0n) is 9.38. The summed E-state index contributed by atoms with van der Waals surface area (Å²) in [6, 6.07) is 5.31. The molecule has 94 valence electrons. The van der Waals surface area contributed by atoms with Crippen LogP contribution in [0.3, 0.4) is 0 Å². The van der Waals surface area contributed by atoms with E-state index in [1.165, 1.54) is 0 Å². The first-order chi connectivity index (χ1) is 8.61. The molecule has 1 saturated heterocycles. The largest absolute Gasteiger partial charge is 0.311 e. The van der Waals surface area contributed by atoms with Gasteiger partial charge in [0, 0.05) is 33.9 Å². The van der Waals surface area contributed by atoms with Crippen LogP contribution in [0.15, 0.2) is 27.8 Å². The van der Waals surface area contributed by atoms with Gasteiger partial charge >= 0.3 is 0 Å². The lowest BCUT2D eigenvalue weighted by atomic mass is 10.1. The van der Waals surface area contributed by atoms with Gasteiger partial charge in [-0.1, -0.05) is 16.7 Å². The molecular formula is C11H10BrClN4O. The lowest BCUT2D eigenvalue weighted by Crippen LogP contribution is -2.25. The fourth-order valence-corrected chi connectivity index (χ4v) is 2.89. The minimum atomic E-state index is 0.0381. The van der Waals surface area contributed by atoms with Crippen LogP contribution < -0.4 is 4.90 Å². The van der Waals surface area contributed by atoms with E-state index in [0.29, 0.717) is 24.5 Å². The van der Waals surface area contributed by atoms with Gasteiger partial charge in [-0.05, 0) is 45.6 Å². The monoisotopic (exact) mass is 328 g/mol. The third-order valence-electron chi connectivity index (χ3n) is 2.81. The van der Waals surface area contributed by atoms with E-state index in [-0.39, 0.29) is 11.8 Å². The van der Waals surface area contributed by atoms with Crippen molar-refractivity contribution in [1.82, 2.24) is 0 Å². The van der Waals surface area contributed by atoms with Crippen molar-refractivity contribution >= 4 is 39.1 Å². The number of anilines is 1. The van der Waals surface area contributed by atoms with Gasteiger partial charge in [-0.25, -0.2) is 0 Å². The Labute approximate surface area is 117 Å². The lowest BCUT2D eigenvalue weighted by molar-refractivity contribution is -0.117. The number of carbonyl (C=O) groups excluding carboxylic acids is 1. The maximum atomic E-state index is 11.9. The van der Waals surface area contributed by atoms with Gasteiger partial charge < -0.3 is 4.90 Å². The van der Waals surface area contributed by atoms with Gasteiger partial charge in [-0.15, -0.1) is 0 Å². The summed E-state index contributed by atoms with van der Waals surface area (Å²) in [5, 5.41) is 4.14. The summed E-state index contributed by atoms with van der Waals surface area (Å²) in [6.45, 7) is 0.919. The molecule has 7 heteroatoms. The van der Waals surface area contributed by atoms with E-state index in [1.807, 2.05) is 0 Å². The summed E-state index contributed by atoms with van der Waals surface area (Å²) in [6.07, 6.45) is 0.411. The van der Waals surface area contributed by atoms with E-state index in [2.05, 4.69) is 26.0 Å². The van der Waals surface area contributed by atoms with Crippen molar-refractivity contribution < 1.29 is 4.79 Å². The van der Waals surface area contributed by atoms with Crippen molar-refractivity contribution in [2.75, 3.05) is 18.0 Å². The van der Waals surface area contributed by atoms with Crippen LogP contribution in [-0.4, -0.2) is 19.0 Å². The normalized spacial score (nSPS) is 18.9. The Morgan fingerprint density at radius 1 is 1.61 bits per heavy atom. The predicted molar refractivity (Wildman–Crippen MR) is 73.6 cm³/mol. The molecule has 1 aliphatic heterocycles. The molecule has 2 rings (SSSR count). The molecule has 0 radical (unpaired) electrons. The Morgan fingerprint density at radius 2 is 2.39 bits per heavy atom. The Bertz CT molecular complexity index is 530. The molecule has 1 amide bonds. The third kappa shape index (κ3) is 2.77. The van der Waals surface area contributed by atoms with Crippen molar-refractivity contribution in [2.45, 2.75) is 6.42 Å². The molecule has 1 aromatic rings. The van der Waals surface area contributed by atoms with Crippen molar-refractivity contribution in [2.24, 2.45) is 11.0 Å². The minimum Gasteiger partial charge on any atom is -0.311 e. The molecule has 0 N–H and O–H groups in total. The first-order valence-electron chi connectivity index (χ1n) is 5.38. The zero-order chi connectivity index (χ0) is 13.1. The van der Waals surface area contributed by atoms with Gasteiger partial charge in [-0.3, -0.25) is 4.79 Å². The van der Waals surface area contributed by atoms with E-state index in [0.717, 1.165) is 10.2 Å². The summed E-state index contributed by atoms with van der Waals surface area (Å²) in [5.41, 5.74) is 9.09. The van der Waals surface area contributed by atoms with Gasteiger partial charge in [0.1, 0.15) is 0 Å². The van der Waals surface area contributed by atoms with E-state index in [9.17, 15) is 4.79 Å². The second kappa shape index (κ2) is 5.61. The topological polar surface area (TPSA) is 69.1 Å². The minimum absolute atomic E-state index is 0.0381. The van der Waals surface area contributed by atoms with Crippen LogP contribution in [0, 0.1) is 5.92 Å². The molecule has 1 fully saturated rings. The zero-order valence-corrected chi connectivity index (χ0v) is 11.7. The van der Waals surface area contributed by atoms with Crippen molar-refractivity contribution in [3.05, 3.63) is 38.1 Å². The van der Waals surface area contributed by atoms with Gasteiger partial charge in [-0.2, -0.15) is 0 Å². The number of rotatable bonds is 3. The Balaban J connectivity index is 2.18. The van der Waals surface area contributed by atoms with E-state index >= 15 is 0 Å². The van der Waals surface area contributed by atoms with Crippen molar-refractivity contribution in [1.29, 1.82) is 0 Å². The standard InChI is InChI=1S/C11H10BrClN4O/c12-9-4-8(13)1-2-10(9)17-6-7(3-11(17)18)5-15-16-14/h1-2,4,7H,3,5-6H2. The number of benzene rings is 1. The molecule has 1 aliphatic rings.